The number of aromatic nitrogens is 2. The van der Waals surface area contributed by atoms with Gasteiger partial charge in [0.1, 0.15) is 0 Å². The van der Waals surface area contributed by atoms with Crippen molar-refractivity contribution in [2.75, 3.05) is 13.7 Å². The summed E-state index contributed by atoms with van der Waals surface area (Å²) >= 11 is 0. The fraction of sp³-hybridized carbons (Fsp3) is 0.375. The van der Waals surface area contributed by atoms with Gasteiger partial charge in [0.25, 0.3) is 0 Å². The molecule has 0 aliphatic carbocycles. The first-order valence-corrected chi connectivity index (χ1v) is 7.21. The average Bonchev–Trinajstić information content (AvgIpc) is 2.54. The SMILES string of the molecule is CCOC(=O)C1=C(C)NC(C)=C(C(=O)OC)C1c1ccnnc1. The summed E-state index contributed by atoms with van der Waals surface area (Å²) in [6, 6.07) is 1.71. The van der Waals surface area contributed by atoms with Crippen molar-refractivity contribution in [1.29, 1.82) is 0 Å². The maximum Gasteiger partial charge on any atom is 0.336 e. The summed E-state index contributed by atoms with van der Waals surface area (Å²) in [6.07, 6.45) is 3.04. The van der Waals surface area contributed by atoms with Crippen molar-refractivity contribution in [2.24, 2.45) is 0 Å². The zero-order chi connectivity index (χ0) is 17.0. The first-order chi connectivity index (χ1) is 11.0. The van der Waals surface area contributed by atoms with Crippen LogP contribution in [0.3, 0.4) is 0 Å². The summed E-state index contributed by atoms with van der Waals surface area (Å²) in [5, 5.41) is 10.6. The molecule has 23 heavy (non-hydrogen) atoms. The van der Waals surface area contributed by atoms with Crippen LogP contribution in [0, 0.1) is 0 Å². The number of hydrogen-bond donors (Lipinski definition) is 1. The van der Waals surface area contributed by atoms with Crippen molar-refractivity contribution < 1.29 is 19.1 Å². The summed E-state index contributed by atoms with van der Waals surface area (Å²) in [7, 11) is 1.31. The van der Waals surface area contributed by atoms with Crippen LogP contribution in [0.15, 0.2) is 41.0 Å². The van der Waals surface area contributed by atoms with E-state index in [2.05, 4.69) is 15.5 Å². The van der Waals surface area contributed by atoms with E-state index in [1.165, 1.54) is 19.5 Å². The lowest BCUT2D eigenvalue weighted by atomic mass is 9.81. The summed E-state index contributed by atoms with van der Waals surface area (Å²) in [5.41, 5.74) is 2.66. The Morgan fingerprint density at radius 1 is 1.17 bits per heavy atom. The first kappa shape index (κ1) is 16.7. The topological polar surface area (TPSA) is 90.4 Å². The third-order valence-corrected chi connectivity index (χ3v) is 3.60. The number of dihydropyridines is 1. The molecule has 122 valence electrons. The molecule has 7 nitrogen and oxygen atoms in total. The average molecular weight is 317 g/mol. The van der Waals surface area contributed by atoms with E-state index in [0.717, 1.165) is 0 Å². The molecule has 0 radical (unpaired) electrons. The Labute approximate surface area is 134 Å². The van der Waals surface area contributed by atoms with Crippen molar-refractivity contribution in [3.8, 4) is 0 Å². The molecule has 1 atom stereocenters. The van der Waals surface area contributed by atoms with E-state index in [1.807, 2.05) is 0 Å². The van der Waals surface area contributed by atoms with Gasteiger partial charge in [-0.1, -0.05) is 0 Å². The second-order valence-corrected chi connectivity index (χ2v) is 5.02. The molecule has 2 rings (SSSR count). The molecule has 2 heterocycles. The Hall–Kier alpha value is -2.70. The van der Waals surface area contributed by atoms with Gasteiger partial charge >= 0.3 is 11.9 Å². The summed E-state index contributed by atoms with van der Waals surface area (Å²) in [5.74, 6) is -1.60. The third-order valence-electron chi connectivity index (χ3n) is 3.60. The Kier molecular flexibility index (Phi) is 5.10. The molecule has 1 N–H and O–H groups in total. The highest BCUT2D eigenvalue weighted by atomic mass is 16.5. The summed E-state index contributed by atoms with van der Waals surface area (Å²) in [4.78, 5) is 24.7. The van der Waals surface area contributed by atoms with Crippen LogP contribution in [0.25, 0.3) is 0 Å². The molecule has 1 aliphatic rings. The number of carbonyl (C=O) groups excluding carboxylic acids is 2. The lowest BCUT2D eigenvalue weighted by molar-refractivity contribution is -0.139. The number of nitrogens with zero attached hydrogens (tertiary/aromatic N) is 2. The smallest absolute Gasteiger partial charge is 0.336 e. The van der Waals surface area contributed by atoms with Crippen molar-refractivity contribution >= 4 is 11.9 Å². The van der Waals surface area contributed by atoms with Crippen molar-refractivity contribution in [2.45, 2.75) is 26.7 Å². The zero-order valence-corrected chi connectivity index (χ0v) is 13.5. The van der Waals surface area contributed by atoms with Crippen LogP contribution in [0.1, 0.15) is 32.3 Å². The van der Waals surface area contributed by atoms with Crippen LogP contribution >= 0.6 is 0 Å². The number of allylic oxidation sites excluding steroid dienone is 2. The summed E-state index contributed by atoms with van der Waals surface area (Å²) in [6.45, 7) is 5.51. The minimum atomic E-state index is -0.613. The van der Waals surface area contributed by atoms with Crippen LogP contribution < -0.4 is 5.32 Å². The number of carbonyl (C=O) groups is 2. The number of ether oxygens (including phenoxy) is 2. The monoisotopic (exact) mass is 317 g/mol. The molecule has 7 heteroatoms. The molecule has 1 aliphatic heterocycles. The molecule has 0 fully saturated rings. The molecule has 0 aromatic carbocycles. The van der Waals surface area contributed by atoms with Crippen molar-refractivity contribution in [1.82, 2.24) is 15.5 Å². The van der Waals surface area contributed by atoms with Gasteiger partial charge in [-0.25, -0.2) is 9.59 Å². The van der Waals surface area contributed by atoms with Gasteiger partial charge in [0.2, 0.25) is 0 Å². The zero-order valence-electron chi connectivity index (χ0n) is 13.5. The van der Waals surface area contributed by atoms with E-state index >= 15 is 0 Å². The Balaban J connectivity index is 2.62. The van der Waals surface area contributed by atoms with Crippen LogP contribution in [0.4, 0.5) is 0 Å². The Bertz CT molecular complexity index is 680. The Morgan fingerprint density at radius 2 is 1.83 bits per heavy atom. The number of nitrogens with one attached hydrogen (secondary N) is 1. The quantitative estimate of drug-likeness (QED) is 0.840. The van der Waals surface area contributed by atoms with Crippen molar-refractivity contribution in [3.63, 3.8) is 0 Å². The van der Waals surface area contributed by atoms with E-state index < -0.39 is 17.9 Å². The standard InChI is InChI=1S/C16H19N3O4/c1-5-23-16(21)13-10(3)19-9(2)12(15(20)22-4)14(13)11-6-7-17-18-8-11/h6-8,14,19H,5H2,1-4H3. The predicted molar refractivity (Wildman–Crippen MR) is 82.0 cm³/mol. The minimum Gasteiger partial charge on any atom is -0.466 e. The third kappa shape index (κ3) is 3.23. The van der Waals surface area contributed by atoms with Gasteiger partial charge in [0.15, 0.2) is 0 Å². The molecule has 1 aromatic rings. The van der Waals surface area contributed by atoms with Gasteiger partial charge in [-0.15, -0.1) is 0 Å². The molecule has 0 spiro atoms. The fourth-order valence-electron chi connectivity index (χ4n) is 2.66. The van der Waals surface area contributed by atoms with Crippen LogP contribution in [0.2, 0.25) is 0 Å². The van der Waals surface area contributed by atoms with Crippen LogP contribution in [-0.4, -0.2) is 35.9 Å². The van der Waals surface area contributed by atoms with Gasteiger partial charge in [0, 0.05) is 17.6 Å². The molecular weight excluding hydrogens is 298 g/mol. The summed E-state index contributed by atoms with van der Waals surface area (Å²) < 4.78 is 10.0. The highest BCUT2D eigenvalue weighted by Gasteiger charge is 2.37. The first-order valence-electron chi connectivity index (χ1n) is 7.21. The van der Waals surface area contributed by atoms with Gasteiger partial charge in [-0.2, -0.15) is 10.2 Å². The van der Waals surface area contributed by atoms with Gasteiger partial charge in [-0.3, -0.25) is 0 Å². The van der Waals surface area contributed by atoms with E-state index in [-0.39, 0.29) is 6.61 Å². The normalized spacial score (nSPS) is 17.7. The molecule has 0 saturated carbocycles. The fourth-order valence-corrected chi connectivity index (χ4v) is 2.66. The lowest BCUT2D eigenvalue weighted by Crippen LogP contribution is -2.32. The second kappa shape index (κ2) is 7.04. The number of methoxy groups -OCH3 is 1. The van der Waals surface area contributed by atoms with E-state index in [0.29, 0.717) is 28.1 Å². The maximum absolute atomic E-state index is 12.4. The van der Waals surface area contributed by atoms with Crippen molar-refractivity contribution in [3.05, 3.63) is 46.6 Å². The number of rotatable bonds is 4. The lowest BCUT2D eigenvalue weighted by Gasteiger charge is -2.29. The van der Waals surface area contributed by atoms with Gasteiger partial charge in [-0.05, 0) is 32.4 Å². The molecule has 1 unspecified atom stereocenters. The second-order valence-electron chi connectivity index (χ2n) is 5.02. The number of hydrogen-bond acceptors (Lipinski definition) is 7. The molecule has 0 bridgehead atoms. The van der Waals surface area contributed by atoms with E-state index in [9.17, 15) is 9.59 Å². The molecule has 0 saturated heterocycles. The van der Waals surface area contributed by atoms with Crippen LogP contribution in [-0.2, 0) is 19.1 Å². The van der Waals surface area contributed by atoms with Gasteiger partial charge < -0.3 is 14.8 Å². The van der Waals surface area contributed by atoms with Gasteiger partial charge in [0.05, 0.1) is 37.0 Å². The maximum atomic E-state index is 12.4. The highest BCUT2D eigenvalue weighted by molar-refractivity contribution is 5.99. The Morgan fingerprint density at radius 3 is 2.35 bits per heavy atom. The minimum absolute atomic E-state index is 0.243. The highest BCUT2D eigenvalue weighted by Crippen LogP contribution is 2.38. The van der Waals surface area contributed by atoms with E-state index in [4.69, 9.17) is 9.47 Å². The van der Waals surface area contributed by atoms with Crippen LogP contribution in [0.5, 0.6) is 0 Å². The predicted octanol–water partition coefficient (Wildman–Crippen LogP) is 1.45. The molecular formula is C16H19N3O4. The number of esters is 2. The van der Waals surface area contributed by atoms with E-state index in [1.54, 1.807) is 26.8 Å². The largest absolute Gasteiger partial charge is 0.466 e. The molecule has 1 aromatic heterocycles. The molecule has 0 amide bonds.